The van der Waals surface area contributed by atoms with Crippen LogP contribution in [0.5, 0.6) is 0 Å². The highest BCUT2D eigenvalue weighted by Crippen LogP contribution is 2.26. The standard InChI is InChI=1S/C15H16N4O3S/c20-14(17-11-4-2-6-16-8-11)13-9-23-15(18-13)10-3-1-5-12(7-10)19(21)22/h1,3,5,7,9,11,16H,2,4,6,8H2,(H,17,20). The number of nitro benzene ring substituents is 1. The normalized spacial score (nSPS) is 17.7. The Hall–Kier alpha value is -2.32. The first kappa shape index (κ1) is 15.6. The maximum atomic E-state index is 12.2. The molecule has 1 atom stereocenters. The van der Waals surface area contributed by atoms with Gasteiger partial charge in [0.1, 0.15) is 10.7 Å². The highest BCUT2D eigenvalue weighted by molar-refractivity contribution is 7.13. The summed E-state index contributed by atoms with van der Waals surface area (Å²) in [5, 5.41) is 19.3. The van der Waals surface area contributed by atoms with Gasteiger partial charge in [0.15, 0.2) is 0 Å². The van der Waals surface area contributed by atoms with Crippen molar-refractivity contribution in [1.82, 2.24) is 15.6 Å². The number of rotatable bonds is 4. The molecule has 0 aliphatic carbocycles. The molecule has 1 aromatic heterocycles. The molecule has 2 N–H and O–H groups in total. The van der Waals surface area contributed by atoms with Crippen molar-refractivity contribution in [3.63, 3.8) is 0 Å². The largest absolute Gasteiger partial charge is 0.347 e. The van der Waals surface area contributed by atoms with Crippen molar-refractivity contribution < 1.29 is 9.72 Å². The van der Waals surface area contributed by atoms with Gasteiger partial charge in [-0.05, 0) is 19.4 Å². The van der Waals surface area contributed by atoms with Gasteiger partial charge in [-0.25, -0.2) is 4.98 Å². The molecule has 0 saturated carbocycles. The smallest absolute Gasteiger partial charge is 0.271 e. The summed E-state index contributed by atoms with van der Waals surface area (Å²) in [7, 11) is 0. The average molecular weight is 332 g/mol. The van der Waals surface area contributed by atoms with Gasteiger partial charge in [-0.3, -0.25) is 14.9 Å². The van der Waals surface area contributed by atoms with Crippen LogP contribution in [0.15, 0.2) is 29.6 Å². The topological polar surface area (TPSA) is 97.2 Å². The molecule has 1 aliphatic heterocycles. The lowest BCUT2D eigenvalue weighted by molar-refractivity contribution is -0.384. The zero-order valence-corrected chi connectivity index (χ0v) is 13.1. The molecule has 2 heterocycles. The molecule has 7 nitrogen and oxygen atoms in total. The number of hydrogen-bond acceptors (Lipinski definition) is 6. The summed E-state index contributed by atoms with van der Waals surface area (Å²) in [6, 6.07) is 6.38. The second kappa shape index (κ2) is 6.84. The predicted molar refractivity (Wildman–Crippen MR) is 87.6 cm³/mol. The maximum absolute atomic E-state index is 12.2. The Kier molecular flexibility index (Phi) is 4.63. The number of nitro groups is 1. The van der Waals surface area contributed by atoms with Gasteiger partial charge in [0.25, 0.3) is 11.6 Å². The Morgan fingerprint density at radius 3 is 3.09 bits per heavy atom. The first-order valence-electron chi connectivity index (χ1n) is 7.35. The monoisotopic (exact) mass is 332 g/mol. The third kappa shape index (κ3) is 3.72. The molecule has 0 radical (unpaired) electrons. The minimum atomic E-state index is -0.444. The number of nitrogens with zero attached hydrogens (tertiary/aromatic N) is 2. The van der Waals surface area contributed by atoms with Crippen LogP contribution in [0.25, 0.3) is 10.6 Å². The fraction of sp³-hybridized carbons (Fsp3) is 0.333. The van der Waals surface area contributed by atoms with E-state index in [0.29, 0.717) is 16.3 Å². The van der Waals surface area contributed by atoms with Crippen molar-refractivity contribution in [3.05, 3.63) is 45.5 Å². The van der Waals surface area contributed by atoms with Crippen LogP contribution >= 0.6 is 11.3 Å². The molecule has 1 saturated heterocycles. The Bertz CT molecular complexity index is 725. The van der Waals surface area contributed by atoms with E-state index >= 15 is 0 Å². The number of aromatic nitrogens is 1. The number of piperidine rings is 1. The van der Waals surface area contributed by atoms with Gasteiger partial charge in [0.05, 0.1) is 4.92 Å². The lowest BCUT2D eigenvalue weighted by atomic mass is 10.1. The van der Waals surface area contributed by atoms with Crippen LogP contribution < -0.4 is 10.6 Å². The maximum Gasteiger partial charge on any atom is 0.271 e. The summed E-state index contributed by atoms with van der Waals surface area (Å²) in [5.74, 6) is -0.202. The van der Waals surface area contributed by atoms with E-state index in [0.717, 1.165) is 25.9 Å². The molecular weight excluding hydrogens is 316 g/mol. The number of thiazole rings is 1. The Balaban J connectivity index is 1.73. The molecular formula is C15H16N4O3S. The zero-order chi connectivity index (χ0) is 16.2. The molecule has 0 bridgehead atoms. The highest BCUT2D eigenvalue weighted by atomic mass is 32.1. The summed E-state index contributed by atoms with van der Waals surface area (Å²) in [6.45, 7) is 1.76. The molecule has 1 aromatic carbocycles. The number of carbonyl (C=O) groups excluding carboxylic acids is 1. The molecule has 23 heavy (non-hydrogen) atoms. The lowest BCUT2D eigenvalue weighted by Crippen LogP contribution is -2.45. The van der Waals surface area contributed by atoms with Crippen molar-refractivity contribution in [2.24, 2.45) is 0 Å². The van der Waals surface area contributed by atoms with Crippen LogP contribution in [0.4, 0.5) is 5.69 Å². The summed E-state index contributed by atoms with van der Waals surface area (Å²) in [4.78, 5) is 26.9. The van der Waals surface area contributed by atoms with Crippen molar-refractivity contribution in [1.29, 1.82) is 0 Å². The number of benzene rings is 1. The van der Waals surface area contributed by atoms with E-state index < -0.39 is 4.92 Å². The number of non-ortho nitro benzene ring substituents is 1. The van der Waals surface area contributed by atoms with E-state index in [-0.39, 0.29) is 17.6 Å². The zero-order valence-electron chi connectivity index (χ0n) is 12.3. The van der Waals surface area contributed by atoms with Crippen molar-refractivity contribution in [2.75, 3.05) is 13.1 Å². The third-order valence-corrected chi connectivity index (χ3v) is 4.56. The second-order valence-electron chi connectivity index (χ2n) is 5.36. The van der Waals surface area contributed by atoms with E-state index in [1.54, 1.807) is 17.5 Å². The van der Waals surface area contributed by atoms with E-state index in [2.05, 4.69) is 15.6 Å². The number of amides is 1. The SMILES string of the molecule is O=C(NC1CCCNC1)c1csc(-c2cccc([N+](=O)[O-])c2)n1. The van der Waals surface area contributed by atoms with Crippen LogP contribution in [0.1, 0.15) is 23.3 Å². The van der Waals surface area contributed by atoms with Gasteiger partial charge in [-0.2, -0.15) is 0 Å². The fourth-order valence-corrected chi connectivity index (χ4v) is 3.29. The summed E-state index contributed by atoms with van der Waals surface area (Å²) >= 11 is 1.30. The van der Waals surface area contributed by atoms with Crippen molar-refractivity contribution in [3.8, 4) is 10.6 Å². The molecule has 1 aliphatic rings. The van der Waals surface area contributed by atoms with Crippen molar-refractivity contribution >= 4 is 22.9 Å². The van der Waals surface area contributed by atoms with Gasteiger partial charge >= 0.3 is 0 Å². The second-order valence-corrected chi connectivity index (χ2v) is 6.22. The fourth-order valence-electron chi connectivity index (χ4n) is 2.50. The Morgan fingerprint density at radius 1 is 1.48 bits per heavy atom. The first-order valence-corrected chi connectivity index (χ1v) is 8.23. The summed E-state index contributed by atoms with van der Waals surface area (Å²) in [5.41, 5.74) is 1.00. The van der Waals surface area contributed by atoms with Crippen LogP contribution in [0, 0.1) is 10.1 Å². The van der Waals surface area contributed by atoms with Crippen LogP contribution in [0.2, 0.25) is 0 Å². The molecule has 2 aromatic rings. The van der Waals surface area contributed by atoms with Crippen LogP contribution in [-0.2, 0) is 0 Å². The molecule has 0 spiro atoms. The Morgan fingerprint density at radius 2 is 2.35 bits per heavy atom. The minimum absolute atomic E-state index is 0.0111. The molecule has 8 heteroatoms. The van der Waals surface area contributed by atoms with Gasteiger partial charge in [-0.15, -0.1) is 11.3 Å². The number of nitrogens with one attached hydrogen (secondary N) is 2. The number of hydrogen-bond donors (Lipinski definition) is 2. The first-order chi connectivity index (χ1) is 11.1. The number of carbonyl (C=O) groups is 1. The highest BCUT2D eigenvalue weighted by Gasteiger charge is 2.19. The van der Waals surface area contributed by atoms with E-state index in [4.69, 9.17) is 0 Å². The van der Waals surface area contributed by atoms with Gasteiger partial charge in [0.2, 0.25) is 0 Å². The van der Waals surface area contributed by atoms with Gasteiger partial charge in [-0.1, -0.05) is 12.1 Å². The summed E-state index contributed by atoms with van der Waals surface area (Å²) < 4.78 is 0. The molecule has 120 valence electrons. The van der Waals surface area contributed by atoms with Gasteiger partial charge < -0.3 is 10.6 Å². The van der Waals surface area contributed by atoms with E-state index in [9.17, 15) is 14.9 Å². The molecule has 1 amide bonds. The van der Waals surface area contributed by atoms with Crippen molar-refractivity contribution in [2.45, 2.75) is 18.9 Å². The Labute approximate surface area is 136 Å². The van der Waals surface area contributed by atoms with Crippen LogP contribution in [-0.4, -0.2) is 34.9 Å². The molecule has 3 rings (SSSR count). The summed E-state index contributed by atoms with van der Waals surface area (Å²) in [6.07, 6.45) is 2.00. The lowest BCUT2D eigenvalue weighted by Gasteiger charge is -2.23. The predicted octanol–water partition coefficient (Wildman–Crippen LogP) is 2.20. The molecule has 1 fully saturated rings. The minimum Gasteiger partial charge on any atom is -0.347 e. The van der Waals surface area contributed by atoms with Crippen LogP contribution in [0.3, 0.4) is 0 Å². The van der Waals surface area contributed by atoms with Gasteiger partial charge in [0, 0.05) is 35.7 Å². The quantitative estimate of drug-likeness (QED) is 0.661. The third-order valence-electron chi connectivity index (χ3n) is 3.67. The average Bonchev–Trinajstić information content (AvgIpc) is 3.06. The van der Waals surface area contributed by atoms with E-state index in [1.165, 1.54) is 23.5 Å². The van der Waals surface area contributed by atoms with E-state index in [1.807, 2.05) is 0 Å². The molecule has 1 unspecified atom stereocenters.